The molecule has 1 aliphatic rings. The van der Waals surface area contributed by atoms with Gasteiger partial charge in [0.25, 0.3) is 0 Å². The number of hydrogen-bond acceptors (Lipinski definition) is 2. The number of nitrogens with two attached hydrogens (primary N) is 1. The van der Waals surface area contributed by atoms with Gasteiger partial charge in [0.05, 0.1) is 6.04 Å². The molecule has 1 rings (SSSR count). The molecule has 0 aromatic rings. The summed E-state index contributed by atoms with van der Waals surface area (Å²) in [6, 6.07) is -1.40. The van der Waals surface area contributed by atoms with E-state index in [4.69, 9.17) is 11.1 Å². The minimum Gasteiger partial charge on any atom is -0.386 e. The quantitative estimate of drug-likeness (QED) is 0.507. The molecule has 98 valence electrons. The Kier molecular flexibility index (Phi) is 4.19. The van der Waals surface area contributed by atoms with Crippen molar-refractivity contribution in [1.82, 2.24) is 10.2 Å². The van der Waals surface area contributed by atoms with Gasteiger partial charge >= 0.3 is 12.2 Å². The van der Waals surface area contributed by atoms with Gasteiger partial charge in [-0.15, -0.1) is 0 Å². The van der Waals surface area contributed by atoms with Crippen molar-refractivity contribution in [2.75, 3.05) is 13.1 Å². The van der Waals surface area contributed by atoms with Crippen LogP contribution in [-0.2, 0) is 0 Å². The van der Waals surface area contributed by atoms with Gasteiger partial charge in [-0.1, -0.05) is 0 Å². The summed E-state index contributed by atoms with van der Waals surface area (Å²) in [7, 11) is 0. The third-order valence-corrected chi connectivity index (χ3v) is 2.56. The molecule has 4 N–H and O–H groups in total. The number of urea groups is 1. The highest BCUT2D eigenvalue weighted by Crippen LogP contribution is 2.18. The van der Waals surface area contributed by atoms with E-state index < -0.39 is 24.8 Å². The lowest BCUT2D eigenvalue weighted by Gasteiger charge is -2.34. The zero-order chi connectivity index (χ0) is 13.1. The highest BCUT2D eigenvalue weighted by molar-refractivity contribution is 5.87. The van der Waals surface area contributed by atoms with Crippen molar-refractivity contribution >= 4 is 11.9 Å². The first-order chi connectivity index (χ1) is 7.81. The van der Waals surface area contributed by atoms with Gasteiger partial charge in [0.15, 0.2) is 0 Å². The van der Waals surface area contributed by atoms with Crippen LogP contribution in [0.15, 0.2) is 0 Å². The van der Waals surface area contributed by atoms with Crippen LogP contribution >= 0.6 is 0 Å². The van der Waals surface area contributed by atoms with Crippen LogP contribution in [0, 0.1) is 5.41 Å². The van der Waals surface area contributed by atoms with Crippen LogP contribution in [0.3, 0.4) is 0 Å². The lowest BCUT2D eigenvalue weighted by molar-refractivity contribution is -0.123. The fourth-order valence-corrected chi connectivity index (χ4v) is 1.78. The fourth-order valence-electron chi connectivity index (χ4n) is 1.78. The minimum absolute atomic E-state index is 0.188. The first-order valence-electron chi connectivity index (χ1n) is 5.26. The molecule has 0 radical (unpaired) electrons. The van der Waals surface area contributed by atoms with E-state index in [0.717, 1.165) is 6.42 Å². The molecular formula is C9H15F3N4O. The number of carbonyl (C=O) groups is 1. The first kappa shape index (κ1) is 13.6. The summed E-state index contributed by atoms with van der Waals surface area (Å²) in [5, 5.41) is 9.09. The fraction of sp³-hybridized carbons (Fsp3) is 0.778. The molecule has 0 bridgehead atoms. The third kappa shape index (κ3) is 4.12. The molecule has 0 aromatic heterocycles. The zero-order valence-electron chi connectivity index (χ0n) is 9.18. The van der Waals surface area contributed by atoms with Crippen molar-refractivity contribution in [2.45, 2.75) is 31.5 Å². The Hall–Kier alpha value is -1.47. The number of nitrogens with one attached hydrogen (secondary N) is 2. The van der Waals surface area contributed by atoms with Crippen molar-refractivity contribution in [3.05, 3.63) is 0 Å². The Bertz CT molecular complexity index is 305. The van der Waals surface area contributed by atoms with E-state index in [0.29, 0.717) is 19.4 Å². The number of nitrogens with zero attached hydrogens (tertiary/aromatic N) is 1. The summed E-state index contributed by atoms with van der Waals surface area (Å²) in [6.45, 7) is -1.04. The first-order valence-corrected chi connectivity index (χ1v) is 5.26. The average molecular weight is 252 g/mol. The van der Waals surface area contributed by atoms with E-state index in [9.17, 15) is 18.0 Å². The SMILES string of the molecule is N=C(N)C1CCCCN1C(=O)NCC(F)(F)F. The molecule has 1 unspecified atom stereocenters. The highest BCUT2D eigenvalue weighted by Gasteiger charge is 2.32. The van der Waals surface area contributed by atoms with Gasteiger partial charge < -0.3 is 16.0 Å². The number of hydrogen-bond donors (Lipinski definition) is 3. The van der Waals surface area contributed by atoms with Crippen LogP contribution in [0.5, 0.6) is 0 Å². The Balaban J connectivity index is 2.56. The molecule has 0 aliphatic carbocycles. The number of piperidine rings is 1. The number of alkyl halides is 3. The molecule has 0 spiro atoms. The van der Waals surface area contributed by atoms with Crippen LogP contribution in [0.25, 0.3) is 0 Å². The predicted octanol–water partition coefficient (Wildman–Crippen LogP) is 1.05. The Labute approximate surface area is 96.6 Å². The molecule has 1 saturated heterocycles. The molecule has 0 saturated carbocycles. The number of halogens is 3. The number of rotatable bonds is 2. The monoisotopic (exact) mass is 252 g/mol. The smallest absolute Gasteiger partial charge is 0.386 e. The summed E-state index contributed by atoms with van der Waals surface area (Å²) in [6.07, 6.45) is -2.39. The molecule has 5 nitrogen and oxygen atoms in total. The van der Waals surface area contributed by atoms with Crippen LogP contribution in [0.4, 0.5) is 18.0 Å². The van der Waals surface area contributed by atoms with E-state index >= 15 is 0 Å². The van der Waals surface area contributed by atoms with Crippen LogP contribution in [-0.4, -0.2) is 42.1 Å². The standard InChI is InChI=1S/C9H15F3N4O/c10-9(11,12)5-15-8(17)16-4-2-1-3-6(16)7(13)14/h6H,1-5H2,(H3,13,14)(H,15,17). The second-order valence-corrected chi connectivity index (χ2v) is 3.93. The van der Waals surface area contributed by atoms with Gasteiger partial charge in [-0.2, -0.15) is 13.2 Å². The maximum absolute atomic E-state index is 11.9. The van der Waals surface area contributed by atoms with Gasteiger partial charge in [-0.05, 0) is 19.3 Å². The highest BCUT2D eigenvalue weighted by atomic mass is 19.4. The minimum atomic E-state index is -4.43. The van der Waals surface area contributed by atoms with Crippen molar-refractivity contribution in [1.29, 1.82) is 5.41 Å². The van der Waals surface area contributed by atoms with Crippen molar-refractivity contribution in [3.63, 3.8) is 0 Å². The van der Waals surface area contributed by atoms with Crippen molar-refractivity contribution < 1.29 is 18.0 Å². The largest absolute Gasteiger partial charge is 0.405 e. The van der Waals surface area contributed by atoms with E-state index in [-0.39, 0.29) is 5.84 Å². The Morgan fingerprint density at radius 2 is 2.12 bits per heavy atom. The third-order valence-electron chi connectivity index (χ3n) is 2.56. The second-order valence-electron chi connectivity index (χ2n) is 3.93. The van der Waals surface area contributed by atoms with E-state index in [1.54, 1.807) is 5.32 Å². The van der Waals surface area contributed by atoms with Crippen molar-refractivity contribution in [2.24, 2.45) is 5.73 Å². The van der Waals surface area contributed by atoms with Gasteiger partial charge in [-0.25, -0.2) is 4.79 Å². The van der Waals surface area contributed by atoms with Gasteiger partial charge in [0.2, 0.25) is 0 Å². The maximum Gasteiger partial charge on any atom is 0.405 e. The molecule has 1 heterocycles. The normalized spacial score (nSPS) is 21.1. The maximum atomic E-state index is 11.9. The molecular weight excluding hydrogens is 237 g/mol. The average Bonchev–Trinajstić information content (AvgIpc) is 2.25. The summed E-state index contributed by atoms with van der Waals surface area (Å²) in [4.78, 5) is 12.7. The zero-order valence-corrected chi connectivity index (χ0v) is 9.18. The summed E-state index contributed by atoms with van der Waals surface area (Å²) >= 11 is 0. The van der Waals surface area contributed by atoms with E-state index in [1.807, 2.05) is 0 Å². The molecule has 17 heavy (non-hydrogen) atoms. The van der Waals surface area contributed by atoms with Crippen LogP contribution in [0.1, 0.15) is 19.3 Å². The topological polar surface area (TPSA) is 82.2 Å². The lowest BCUT2D eigenvalue weighted by atomic mass is 10.0. The molecule has 8 heteroatoms. The van der Waals surface area contributed by atoms with Crippen molar-refractivity contribution in [3.8, 4) is 0 Å². The number of amidine groups is 1. The molecule has 1 aliphatic heterocycles. The Morgan fingerprint density at radius 3 is 2.65 bits per heavy atom. The summed E-state index contributed by atoms with van der Waals surface area (Å²) < 4.78 is 35.8. The van der Waals surface area contributed by atoms with Crippen LogP contribution in [0.2, 0.25) is 0 Å². The molecule has 1 atom stereocenters. The molecule has 1 fully saturated rings. The molecule has 2 amide bonds. The summed E-state index contributed by atoms with van der Waals surface area (Å²) in [5.74, 6) is -0.188. The molecule has 0 aromatic carbocycles. The van der Waals surface area contributed by atoms with Gasteiger partial charge in [0.1, 0.15) is 12.4 Å². The number of amides is 2. The summed E-state index contributed by atoms with van der Waals surface area (Å²) in [5.41, 5.74) is 5.32. The van der Waals surface area contributed by atoms with Crippen LogP contribution < -0.4 is 11.1 Å². The lowest BCUT2D eigenvalue weighted by Crippen LogP contribution is -2.54. The second kappa shape index (κ2) is 5.24. The van der Waals surface area contributed by atoms with E-state index in [1.165, 1.54) is 4.90 Å². The van der Waals surface area contributed by atoms with Gasteiger partial charge in [-0.3, -0.25) is 5.41 Å². The predicted molar refractivity (Wildman–Crippen MR) is 55.7 cm³/mol. The Morgan fingerprint density at radius 1 is 1.47 bits per heavy atom. The number of likely N-dealkylation sites (tertiary alicyclic amines) is 1. The van der Waals surface area contributed by atoms with Gasteiger partial charge in [0, 0.05) is 6.54 Å². The van der Waals surface area contributed by atoms with E-state index in [2.05, 4.69) is 0 Å². The number of carbonyl (C=O) groups excluding carboxylic acids is 1.